The minimum Gasteiger partial charge on any atom is -0.399 e. The van der Waals surface area contributed by atoms with Crippen molar-refractivity contribution in [1.82, 2.24) is 14.9 Å². The fraction of sp³-hybridized carbons (Fsp3) is 0.750. The van der Waals surface area contributed by atoms with E-state index in [-0.39, 0.29) is 11.9 Å². The Balaban J connectivity index is 1.52. The quantitative estimate of drug-likeness (QED) is 0.370. The zero-order chi connectivity index (χ0) is 21.9. The number of aliphatic hydroxyl groups is 2. The number of hydrogen-bond acceptors (Lipinski definition) is 8. The van der Waals surface area contributed by atoms with Gasteiger partial charge in [0.1, 0.15) is 0 Å². The summed E-state index contributed by atoms with van der Waals surface area (Å²) in [7, 11) is -0.478. The number of carbonyl (C=O) groups excluding carboxylic acids is 1. The van der Waals surface area contributed by atoms with Crippen molar-refractivity contribution >= 4 is 30.3 Å². The normalized spacial score (nSPS) is 24.1. The van der Waals surface area contributed by atoms with Gasteiger partial charge in [-0.05, 0) is 53.4 Å². The Hall–Kier alpha value is -1.20. The van der Waals surface area contributed by atoms with Crippen molar-refractivity contribution in [1.29, 1.82) is 0 Å². The van der Waals surface area contributed by atoms with Crippen LogP contribution in [0.15, 0.2) is 17.6 Å². The number of thioether (sulfide) groups is 1. The fourth-order valence-corrected chi connectivity index (χ4v) is 4.48. The zero-order valence-corrected chi connectivity index (χ0v) is 19.0. The lowest BCUT2D eigenvalue weighted by molar-refractivity contribution is -0.146. The molecule has 166 valence electrons. The molecule has 2 aliphatic rings. The third-order valence-electron chi connectivity index (χ3n) is 6.22. The topological polar surface area (TPSA) is 105 Å². The molecule has 1 aromatic heterocycles. The van der Waals surface area contributed by atoms with Gasteiger partial charge in [0.15, 0.2) is 11.3 Å². The molecular formula is C20H32BN3O5S. The van der Waals surface area contributed by atoms with E-state index < -0.39 is 31.0 Å². The number of aliphatic hydroxyl groups excluding tert-OH is 2. The molecule has 0 aromatic carbocycles. The first kappa shape index (κ1) is 23.5. The average molecular weight is 437 g/mol. The number of amides is 1. The van der Waals surface area contributed by atoms with Crippen LogP contribution in [0.5, 0.6) is 0 Å². The molecule has 30 heavy (non-hydrogen) atoms. The monoisotopic (exact) mass is 437 g/mol. The highest BCUT2D eigenvalue weighted by Crippen LogP contribution is 2.36. The second-order valence-electron chi connectivity index (χ2n) is 8.90. The van der Waals surface area contributed by atoms with Crippen LogP contribution in [0.25, 0.3) is 0 Å². The van der Waals surface area contributed by atoms with Gasteiger partial charge in [-0.2, -0.15) is 0 Å². The lowest BCUT2D eigenvalue weighted by atomic mass is 9.81. The summed E-state index contributed by atoms with van der Waals surface area (Å²) in [4.78, 5) is 22.9. The Kier molecular flexibility index (Phi) is 7.45. The first-order valence-corrected chi connectivity index (χ1v) is 11.5. The summed E-state index contributed by atoms with van der Waals surface area (Å²) in [6, 6.07) is 0.0731. The average Bonchev–Trinajstić information content (AvgIpc) is 2.95. The molecule has 0 radical (unpaired) electrons. The van der Waals surface area contributed by atoms with Crippen molar-refractivity contribution in [3.8, 4) is 0 Å². The van der Waals surface area contributed by atoms with Gasteiger partial charge in [-0.25, -0.2) is 9.97 Å². The van der Waals surface area contributed by atoms with Gasteiger partial charge in [-0.1, -0.05) is 11.8 Å². The summed E-state index contributed by atoms with van der Waals surface area (Å²) in [6.07, 6.45) is 5.84. The van der Waals surface area contributed by atoms with Crippen molar-refractivity contribution < 1.29 is 24.3 Å². The molecular weight excluding hydrogens is 405 g/mol. The second kappa shape index (κ2) is 9.52. The number of aromatic nitrogens is 2. The maximum absolute atomic E-state index is 12.3. The van der Waals surface area contributed by atoms with Gasteiger partial charge in [0, 0.05) is 36.2 Å². The second-order valence-corrected chi connectivity index (χ2v) is 9.97. The molecule has 0 aliphatic carbocycles. The van der Waals surface area contributed by atoms with E-state index in [1.165, 1.54) is 11.8 Å². The molecule has 1 aromatic rings. The van der Waals surface area contributed by atoms with Crippen LogP contribution in [0.2, 0.25) is 0 Å². The van der Waals surface area contributed by atoms with E-state index in [1.54, 1.807) is 17.3 Å². The molecule has 2 atom stereocenters. The smallest absolute Gasteiger partial charge is 0.399 e. The molecule has 0 unspecified atom stereocenters. The van der Waals surface area contributed by atoms with Crippen LogP contribution in [0.3, 0.4) is 0 Å². The predicted molar refractivity (Wildman–Crippen MR) is 116 cm³/mol. The molecule has 2 N–H and O–H groups in total. The molecule has 0 saturated carbocycles. The van der Waals surface area contributed by atoms with E-state index in [0.29, 0.717) is 11.7 Å². The van der Waals surface area contributed by atoms with Crippen molar-refractivity contribution in [2.24, 2.45) is 0 Å². The molecule has 0 spiro atoms. The molecule has 3 rings (SSSR count). The number of carbonyl (C=O) groups is 1. The van der Waals surface area contributed by atoms with Crippen LogP contribution < -0.4 is 5.46 Å². The molecule has 1 amide bonds. The Morgan fingerprint density at radius 3 is 2.50 bits per heavy atom. The van der Waals surface area contributed by atoms with Gasteiger partial charge >= 0.3 is 7.12 Å². The van der Waals surface area contributed by atoms with Crippen molar-refractivity contribution in [2.45, 2.75) is 81.9 Å². The summed E-state index contributed by atoms with van der Waals surface area (Å²) in [6.45, 7) is 8.13. The van der Waals surface area contributed by atoms with Gasteiger partial charge in [0.05, 0.1) is 17.8 Å². The maximum atomic E-state index is 12.3. The highest BCUT2D eigenvalue weighted by Gasteiger charge is 2.51. The minimum atomic E-state index is -1.33. The van der Waals surface area contributed by atoms with Crippen LogP contribution in [-0.2, 0) is 14.1 Å². The molecule has 2 fully saturated rings. The summed E-state index contributed by atoms with van der Waals surface area (Å²) in [5.74, 6) is 0.384. The van der Waals surface area contributed by atoms with E-state index in [1.807, 2.05) is 27.7 Å². The molecule has 8 nitrogen and oxygen atoms in total. The molecule has 3 heterocycles. The van der Waals surface area contributed by atoms with Gasteiger partial charge in [0.25, 0.3) is 5.91 Å². The lowest BCUT2D eigenvalue weighted by Crippen LogP contribution is -2.49. The van der Waals surface area contributed by atoms with Crippen molar-refractivity contribution in [3.05, 3.63) is 12.4 Å². The summed E-state index contributed by atoms with van der Waals surface area (Å²) in [5.41, 5.74) is -0.0178. The highest BCUT2D eigenvalue weighted by molar-refractivity contribution is 7.99. The Bertz CT molecular complexity index is 718. The first-order valence-electron chi connectivity index (χ1n) is 10.5. The van der Waals surface area contributed by atoms with E-state index >= 15 is 0 Å². The van der Waals surface area contributed by atoms with Crippen LogP contribution in [0, 0.1) is 0 Å². The highest BCUT2D eigenvalue weighted by atomic mass is 32.2. The van der Waals surface area contributed by atoms with E-state index in [0.717, 1.165) is 36.9 Å². The molecule has 10 heteroatoms. The van der Waals surface area contributed by atoms with Crippen LogP contribution in [-0.4, -0.2) is 80.4 Å². The minimum absolute atomic E-state index is 0.0731. The molecule has 2 aliphatic heterocycles. The standard InChI is InChI=1S/C20H32BN3O5S/c1-19(2)20(3,4)29-21(28-19)14-11-22-18(23-12-14)30-10-8-15-7-5-6-9-24(15)17(27)16(26)13-25/h11-12,15-16,25-26H,5-10,13H2,1-4H3/t15-,16+/m1/s1. The van der Waals surface area contributed by atoms with Crippen molar-refractivity contribution in [3.63, 3.8) is 0 Å². The van der Waals surface area contributed by atoms with Gasteiger partial charge in [0.2, 0.25) is 0 Å². The largest absolute Gasteiger partial charge is 0.498 e. The Morgan fingerprint density at radius 2 is 1.90 bits per heavy atom. The third kappa shape index (κ3) is 5.16. The van der Waals surface area contributed by atoms with Gasteiger partial charge in [-0.15, -0.1) is 0 Å². The maximum Gasteiger partial charge on any atom is 0.498 e. The van der Waals surface area contributed by atoms with Crippen molar-refractivity contribution in [2.75, 3.05) is 18.9 Å². The van der Waals surface area contributed by atoms with Gasteiger partial charge < -0.3 is 24.4 Å². The number of piperidine rings is 1. The van der Waals surface area contributed by atoms with Crippen LogP contribution in [0.4, 0.5) is 0 Å². The van der Waals surface area contributed by atoms with E-state index in [9.17, 15) is 9.90 Å². The van der Waals surface area contributed by atoms with Gasteiger partial charge in [-0.3, -0.25) is 4.79 Å². The summed E-state index contributed by atoms with van der Waals surface area (Å²) < 4.78 is 12.1. The van der Waals surface area contributed by atoms with Crippen LogP contribution >= 0.6 is 11.8 Å². The zero-order valence-electron chi connectivity index (χ0n) is 18.2. The van der Waals surface area contributed by atoms with E-state index in [2.05, 4.69) is 9.97 Å². The SMILES string of the molecule is CC1(C)OB(c2cnc(SCC[C@H]3CCCCN3C(=O)[C@@H](O)CO)nc2)OC1(C)C. The summed E-state index contributed by atoms with van der Waals surface area (Å²) >= 11 is 1.54. The molecule has 2 saturated heterocycles. The third-order valence-corrected chi connectivity index (χ3v) is 7.13. The lowest BCUT2D eigenvalue weighted by Gasteiger charge is -2.36. The Labute approximate surface area is 182 Å². The number of likely N-dealkylation sites (tertiary alicyclic amines) is 1. The molecule has 0 bridgehead atoms. The van der Waals surface area contributed by atoms with Crippen LogP contribution in [0.1, 0.15) is 53.4 Å². The summed E-state index contributed by atoms with van der Waals surface area (Å²) in [5, 5.41) is 19.4. The predicted octanol–water partition coefficient (Wildman–Crippen LogP) is 0.992. The first-order chi connectivity index (χ1) is 14.1. The Morgan fingerprint density at radius 1 is 1.27 bits per heavy atom. The fourth-order valence-electron chi connectivity index (χ4n) is 3.65. The number of nitrogens with zero attached hydrogens (tertiary/aromatic N) is 3. The number of rotatable bonds is 7. The van der Waals surface area contributed by atoms with E-state index in [4.69, 9.17) is 14.4 Å². The number of hydrogen-bond donors (Lipinski definition) is 2.